The van der Waals surface area contributed by atoms with E-state index in [-0.39, 0.29) is 48.7 Å². The summed E-state index contributed by atoms with van der Waals surface area (Å²) in [6.07, 6.45) is 0.958. The minimum Gasteiger partial charge on any atom is -0.480 e. The van der Waals surface area contributed by atoms with Gasteiger partial charge in [0.05, 0.1) is 4.90 Å². The van der Waals surface area contributed by atoms with Gasteiger partial charge in [-0.1, -0.05) is 48.0 Å². The molecule has 35 heavy (non-hydrogen) atoms. The first-order chi connectivity index (χ1) is 16.6. The normalized spacial score (nSPS) is 15.4. The fourth-order valence-electron chi connectivity index (χ4n) is 4.16. The Morgan fingerprint density at radius 3 is 2.23 bits per heavy atom. The molecular weight excluding hydrogens is 470 g/mol. The highest BCUT2D eigenvalue weighted by molar-refractivity contribution is 7.89. The summed E-state index contributed by atoms with van der Waals surface area (Å²) in [5.74, 6) is -2.08. The van der Waals surface area contributed by atoms with Crippen LogP contribution >= 0.6 is 0 Å². The third-order valence-corrected chi connectivity index (χ3v) is 7.60. The first-order valence-corrected chi connectivity index (χ1v) is 12.9. The predicted molar refractivity (Wildman–Crippen MR) is 130 cm³/mol. The van der Waals surface area contributed by atoms with Crippen LogP contribution in [-0.4, -0.2) is 73.8 Å². The van der Waals surface area contributed by atoms with E-state index in [1.165, 1.54) is 24.1 Å². The zero-order valence-electron chi connectivity index (χ0n) is 19.9. The van der Waals surface area contributed by atoms with Crippen molar-refractivity contribution >= 4 is 27.8 Å². The fourth-order valence-corrected chi connectivity index (χ4v) is 5.35. The number of amides is 2. The number of carbonyl (C=O) groups is 3. The summed E-state index contributed by atoms with van der Waals surface area (Å²) in [6.45, 7) is 2.05. The van der Waals surface area contributed by atoms with E-state index in [1.54, 1.807) is 17.0 Å². The number of likely N-dealkylation sites (tertiary alicyclic amines) is 1. The maximum atomic E-state index is 13.4. The predicted octanol–water partition coefficient (Wildman–Crippen LogP) is 1.67. The first kappa shape index (κ1) is 26.4. The van der Waals surface area contributed by atoms with Gasteiger partial charge in [-0.15, -0.1) is 0 Å². The number of nitrogens with zero attached hydrogens (tertiary/aromatic N) is 2. The second-order valence-corrected chi connectivity index (χ2v) is 10.6. The van der Waals surface area contributed by atoms with Gasteiger partial charge in [-0.3, -0.25) is 14.4 Å². The molecule has 1 aliphatic heterocycles. The third kappa shape index (κ3) is 7.12. The Morgan fingerprint density at radius 2 is 1.66 bits per heavy atom. The summed E-state index contributed by atoms with van der Waals surface area (Å²) in [5.41, 5.74) is 1.74. The van der Waals surface area contributed by atoms with Gasteiger partial charge >= 0.3 is 5.97 Å². The SMILES string of the molecule is Cc1ccc(S(=O)(=O)NC(Cc2ccccc2)C(=O)N2CCC(C(=O)N(C)CC(=O)O)CC2)cc1. The van der Waals surface area contributed by atoms with Gasteiger partial charge in [-0.25, -0.2) is 8.42 Å². The van der Waals surface area contributed by atoms with Crippen molar-refractivity contribution in [2.75, 3.05) is 26.7 Å². The molecule has 3 rings (SSSR count). The lowest BCUT2D eigenvalue weighted by atomic mass is 9.94. The van der Waals surface area contributed by atoms with Crippen molar-refractivity contribution in [1.82, 2.24) is 14.5 Å². The van der Waals surface area contributed by atoms with E-state index in [1.807, 2.05) is 37.3 Å². The van der Waals surface area contributed by atoms with Gasteiger partial charge in [0, 0.05) is 26.1 Å². The lowest BCUT2D eigenvalue weighted by Crippen LogP contribution is -2.52. The van der Waals surface area contributed by atoms with Gasteiger partial charge in [0.15, 0.2) is 0 Å². The van der Waals surface area contributed by atoms with Crippen molar-refractivity contribution in [1.29, 1.82) is 0 Å². The van der Waals surface area contributed by atoms with Crippen molar-refractivity contribution in [2.24, 2.45) is 5.92 Å². The zero-order chi connectivity index (χ0) is 25.6. The Morgan fingerprint density at radius 1 is 1.06 bits per heavy atom. The van der Waals surface area contributed by atoms with Gasteiger partial charge in [-0.05, 0) is 43.9 Å². The number of rotatable bonds is 9. The van der Waals surface area contributed by atoms with E-state index in [9.17, 15) is 22.8 Å². The van der Waals surface area contributed by atoms with Crippen molar-refractivity contribution in [2.45, 2.75) is 37.1 Å². The highest BCUT2D eigenvalue weighted by Gasteiger charge is 2.34. The van der Waals surface area contributed by atoms with Crippen molar-refractivity contribution in [3.63, 3.8) is 0 Å². The van der Waals surface area contributed by atoms with Gasteiger partial charge < -0.3 is 14.9 Å². The Hall–Kier alpha value is -3.24. The second kappa shape index (κ2) is 11.5. The summed E-state index contributed by atoms with van der Waals surface area (Å²) in [7, 11) is -2.49. The molecule has 0 spiro atoms. The van der Waals surface area contributed by atoms with Crippen LogP contribution in [0.1, 0.15) is 24.0 Å². The molecule has 2 amide bonds. The molecular formula is C25H31N3O6S. The summed E-state index contributed by atoms with van der Waals surface area (Å²) in [5, 5.41) is 8.91. The molecule has 1 heterocycles. The molecule has 188 valence electrons. The maximum Gasteiger partial charge on any atom is 0.323 e. The molecule has 0 bridgehead atoms. The number of aryl methyl sites for hydroxylation is 1. The molecule has 1 unspecified atom stereocenters. The summed E-state index contributed by atoms with van der Waals surface area (Å²) in [4.78, 5) is 39.7. The van der Waals surface area contributed by atoms with Crippen molar-refractivity contribution < 1.29 is 27.9 Å². The van der Waals surface area contributed by atoms with Gasteiger partial charge in [-0.2, -0.15) is 4.72 Å². The molecule has 0 radical (unpaired) electrons. The molecule has 9 nitrogen and oxygen atoms in total. The van der Waals surface area contributed by atoms with E-state index in [2.05, 4.69) is 4.72 Å². The third-order valence-electron chi connectivity index (χ3n) is 6.11. The largest absolute Gasteiger partial charge is 0.480 e. The summed E-state index contributed by atoms with van der Waals surface area (Å²) >= 11 is 0. The van der Waals surface area contributed by atoms with Crippen LogP contribution in [0.2, 0.25) is 0 Å². The van der Waals surface area contributed by atoms with Gasteiger partial charge in [0.25, 0.3) is 0 Å². The van der Waals surface area contributed by atoms with Crippen LogP contribution in [-0.2, 0) is 30.8 Å². The molecule has 0 aromatic heterocycles. The number of nitrogens with one attached hydrogen (secondary N) is 1. The van der Waals surface area contributed by atoms with Crippen molar-refractivity contribution in [3.05, 3.63) is 65.7 Å². The fraction of sp³-hybridized carbons (Fsp3) is 0.400. The number of carboxylic acid groups (broad SMARTS) is 1. The molecule has 2 aromatic carbocycles. The van der Waals surface area contributed by atoms with Crippen molar-refractivity contribution in [3.8, 4) is 0 Å². The summed E-state index contributed by atoms with van der Waals surface area (Å²) in [6, 6.07) is 14.6. The molecule has 10 heteroatoms. The van der Waals surface area contributed by atoms with Crippen LogP contribution in [0.15, 0.2) is 59.5 Å². The second-order valence-electron chi connectivity index (χ2n) is 8.86. The number of piperidine rings is 1. The molecule has 1 saturated heterocycles. The van der Waals surface area contributed by atoms with Crippen LogP contribution in [0.3, 0.4) is 0 Å². The van der Waals surface area contributed by atoms with Crippen LogP contribution in [0.5, 0.6) is 0 Å². The standard InChI is InChI=1S/C25H31N3O6S/c1-18-8-10-21(11-9-18)35(33,34)26-22(16-19-6-4-3-5-7-19)25(32)28-14-12-20(13-15-28)24(31)27(2)17-23(29)30/h3-11,20,22,26H,12-17H2,1-2H3,(H,29,30). The Bertz CT molecular complexity index is 1140. The van der Waals surface area contributed by atoms with E-state index in [0.717, 1.165) is 11.1 Å². The average molecular weight is 502 g/mol. The lowest BCUT2D eigenvalue weighted by Gasteiger charge is -2.35. The van der Waals surface area contributed by atoms with Gasteiger partial charge in [0.1, 0.15) is 12.6 Å². The molecule has 1 aliphatic rings. The van der Waals surface area contributed by atoms with E-state index >= 15 is 0 Å². The Labute approximate surface area is 205 Å². The number of sulfonamides is 1. The van der Waals surface area contributed by atoms with Crippen LogP contribution in [0.25, 0.3) is 0 Å². The Kier molecular flexibility index (Phi) is 8.63. The van der Waals surface area contributed by atoms with E-state index in [0.29, 0.717) is 12.8 Å². The van der Waals surface area contributed by atoms with Crippen LogP contribution in [0, 0.1) is 12.8 Å². The molecule has 0 saturated carbocycles. The van der Waals surface area contributed by atoms with Crippen LogP contribution in [0.4, 0.5) is 0 Å². The summed E-state index contributed by atoms with van der Waals surface area (Å²) < 4.78 is 28.7. The van der Waals surface area contributed by atoms with E-state index < -0.39 is 22.0 Å². The molecule has 1 fully saturated rings. The highest BCUT2D eigenvalue weighted by Crippen LogP contribution is 2.21. The monoisotopic (exact) mass is 501 g/mol. The van der Waals surface area contributed by atoms with Gasteiger partial charge in [0.2, 0.25) is 21.8 Å². The topological polar surface area (TPSA) is 124 Å². The quantitative estimate of drug-likeness (QED) is 0.539. The molecule has 2 aromatic rings. The van der Waals surface area contributed by atoms with Crippen LogP contribution < -0.4 is 4.72 Å². The number of likely N-dealkylation sites (N-methyl/N-ethyl adjacent to an activating group) is 1. The Balaban J connectivity index is 1.73. The number of hydrogen-bond acceptors (Lipinski definition) is 5. The molecule has 1 atom stereocenters. The zero-order valence-corrected chi connectivity index (χ0v) is 20.7. The first-order valence-electron chi connectivity index (χ1n) is 11.5. The van der Waals surface area contributed by atoms with E-state index in [4.69, 9.17) is 5.11 Å². The number of benzene rings is 2. The maximum absolute atomic E-state index is 13.4. The lowest BCUT2D eigenvalue weighted by molar-refractivity contribution is -0.146. The average Bonchev–Trinajstić information content (AvgIpc) is 2.83. The smallest absolute Gasteiger partial charge is 0.323 e. The number of carbonyl (C=O) groups excluding carboxylic acids is 2. The number of hydrogen-bond donors (Lipinski definition) is 2. The highest BCUT2D eigenvalue weighted by atomic mass is 32.2. The minimum atomic E-state index is -3.94. The number of aliphatic carboxylic acids is 1. The minimum absolute atomic E-state index is 0.0831. The number of carboxylic acids is 1. The molecule has 0 aliphatic carbocycles. The molecule has 2 N–H and O–H groups in total.